The maximum absolute atomic E-state index is 5.61. The van der Waals surface area contributed by atoms with Crippen LogP contribution in [0.2, 0.25) is 0 Å². The molecule has 0 spiro atoms. The van der Waals surface area contributed by atoms with Gasteiger partial charge in [-0.15, -0.1) is 10.2 Å². The minimum absolute atomic E-state index is 0.545. The summed E-state index contributed by atoms with van der Waals surface area (Å²) in [6.07, 6.45) is 3.63. The highest BCUT2D eigenvalue weighted by molar-refractivity contribution is 5.20. The molecule has 21 heavy (non-hydrogen) atoms. The van der Waals surface area contributed by atoms with E-state index < -0.39 is 0 Å². The molecule has 2 rings (SSSR count). The maximum Gasteiger partial charge on any atom is 0.219 e. The SMILES string of the molecule is CCCNCCCc1nnc(CCOc2ccccc2)o1. The summed E-state index contributed by atoms with van der Waals surface area (Å²) in [6.45, 7) is 4.76. The molecule has 0 fully saturated rings. The normalized spacial score (nSPS) is 10.7. The van der Waals surface area contributed by atoms with Crippen molar-refractivity contribution in [3.8, 4) is 5.75 Å². The molecule has 0 amide bonds. The lowest BCUT2D eigenvalue weighted by atomic mass is 10.3. The Morgan fingerprint density at radius 3 is 2.57 bits per heavy atom. The number of para-hydroxylation sites is 1. The number of ether oxygens (including phenoxy) is 1. The fourth-order valence-electron chi connectivity index (χ4n) is 1.93. The molecule has 0 aliphatic carbocycles. The largest absolute Gasteiger partial charge is 0.493 e. The lowest BCUT2D eigenvalue weighted by molar-refractivity contribution is 0.303. The first-order valence-electron chi connectivity index (χ1n) is 7.58. The van der Waals surface area contributed by atoms with Gasteiger partial charge in [-0.25, -0.2) is 0 Å². The van der Waals surface area contributed by atoms with Crippen LogP contribution in [-0.2, 0) is 12.8 Å². The second-order valence-corrected chi connectivity index (χ2v) is 4.85. The Morgan fingerprint density at radius 1 is 1.05 bits per heavy atom. The Kier molecular flexibility index (Phi) is 6.74. The molecule has 2 aromatic rings. The summed E-state index contributed by atoms with van der Waals surface area (Å²) in [6, 6.07) is 9.73. The van der Waals surface area contributed by atoms with E-state index in [0.717, 1.165) is 38.1 Å². The van der Waals surface area contributed by atoms with Gasteiger partial charge in [0.2, 0.25) is 11.8 Å². The first-order chi connectivity index (χ1) is 10.4. The van der Waals surface area contributed by atoms with Crippen LogP contribution < -0.4 is 10.1 Å². The van der Waals surface area contributed by atoms with Gasteiger partial charge in [-0.3, -0.25) is 0 Å². The smallest absolute Gasteiger partial charge is 0.219 e. The van der Waals surface area contributed by atoms with Crippen LogP contribution in [-0.4, -0.2) is 29.9 Å². The number of aromatic nitrogens is 2. The van der Waals surface area contributed by atoms with Crippen molar-refractivity contribution in [2.45, 2.75) is 32.6 Å². The van der Waals surface area contributed by atoms with E-state index in [-0.39, 0.29) is 0 Å². The lowest BCUT2D eigenvalue weighted by Gasteiger charge is -2.03. The molecular weight excluding hydrogens is 266 g/mol. The van der Waals surface area contributed by atoms with E-state index in [0.29, 0.717) is 24.8 Å². The zero-order valence-corrected chi connectivity index (χ0v) is 12.5. The van der Waals surface area contributed by atoms with Crippen molar-refractivity contribution in [2.75, 3.05) is 19.7 Å². The number of rotatable bonds is 10. The summed E-state index contributed by atoms with van der Waals surface area (Å²) >= 11 is 0. The van der Waals surface area contributed by atoms with E-state index in [1.165, 1.54) is 0 Å². The molecule has 0 atom stereocenters. The predicted molar refractivity (Wildman–Crippen MR) is 81.4 cm³/mol. The zero-order valence-electron chi connectivity index (χ0n) is 12.5. The number of hydrogen-bond acceptors (Lipinski definition) is 5. The number of aryl methyl sites for hydroxylation is 1. The van der Waals surface area contributed by atoms with Gasteiger partial charge in [0.05, 0.1) is 13.0 Å². The molecule has 1 heterocycles. The third kappa shape index (κ3) is 5.95. The van der Waals surface area contributed by atoms with Crippen molar-refractivity contribution in [1.82, 2.24) is 15.5 Å². The number of nitrogens with zero attached hydrogens (tertiary/aromatic N) is 2. The van der Waals surface area contributed by atoms with Crippen molar-refractivity contribution in [2.24, 2.45) is 0 Å². The highest BCUT2D eigenvalue weighted by Crippen LogP contribution is 2.09. The second kappa shape index (κ2) is 9.13. The summed E-state index contributed by atoms with van der Waals surface area (Å²) in [4.78, 5) is 0. The van der Waals surface area contributed by atoms with Crippen LogP contribution in [0.5, 0.6) is 5.75 Å². The third-order valence-electron chi connectivity index (χ3n) is 3.01. The van der Waals surface area contributed by atoms with E-state index >= 15 is 0 Å². The summed E-state index contributed by atoms with van der Waals surface area (Å²) in [5.74, 6) is 2.21. The van der Waals surface area contributed by atoms with Crippen molar-refractivity contribution in [3.63, 3.8) is 0 Å². The fraction of sp³-hybridized carbons (Fsp3) is 0.500. The van der Waals surface area contributed by atoms with Crippen molar-refractivity contribution >= 4 is 0 Å². The van der Waals surface area contributed by atoms with Gasteiger partial charge in [-0.2, -0.15) is 0 Å². The van der Waals surface area contributed by atoms with E-state index in [2.05, 4.69) is 22.4 Å². The Bertz CT molecular complexity index is 499. The molecule has 0 aliphatic heterocycles. The van der Waals surface area contributed by atoms with Crippen LogP contribution in [0.4, 0.5) is 0 Å². The van der Waals surface area contributed by atoms with E-state index in [1.807, 2.05) is 30.3 Å². The molecule has 0 radical (unpaired) electrons. The molecule has 0 aliphatic rings. The van der Waals surface area contributed by atoms with Gasteiger partial charge in [0.1, 0.15) is 5.75 Å². The molecule has 1 aromatic carbocycles. The van der Waals surface area contributed by atoms with Crippen LogP contribution in [0, 0.1) is 0 Å². The average molecular weight is 289 g/mol. The fourth-order valence-corrected chi connectivity index (χ4v) is 1.93. The van der Waals surface area contributed by atoms with Gasteiger partial charge in [0, 0.05) is 6.42 Å². The summed E-state index contributed by atoms with van der Waals surface area (Å²) < 4.78 is 11.2. The first kappa shape index (κ1) is 15.5. The van der Waals surface area contributed by atoms with Crippen molar-refractivity contribution in [3.05, 3.63) is 42.1 Å². The number of nitrogens with one attached hydrogen (secondary N) is 1. The maximum atomic E-state index is 5.61. The molecule has 114 valence electrons. The van der Waals surface area contributed by atoms with Crippen LogP contribution >= 0.6 is 0 Å². The van der Waals surface area contributed by atoms with Crippen LogP contribution in [0.3, 0.4) is 0 Å². The Morgan fingerprint density at radius 2 is 1.81 bits per heavy atom. The van der Waals surface area contributed by atoms with Crippen molar-refractivity contribution in [1.29, 1.82) is 0 Å². The average Bonchev–Trinajstić information content (AvgIpc) is 2.96. The molecule has 5 heteroatoms. The first-order valence-corrected chi connectivity index (χ1v) is 7.58. The van der Waals surface area contributed by atoms with E-state index in [9.17, 15) is 0 Å². The second-order valence-electron chi connectivity index (χ2n) is 4.85. The number of benzene rings is 1. The molecule has 0 saturated carbocycles. The van der Waals surface area contributed by atoms with Crippen molar-refractivity contribution < 1.29 is 9.15 Å². The molecule has 1 N–H and O–H groups in total. The summed E-state index contributed by atoms with van der Waals surface area (Å²) in [5.41, 5.74) is 0. The Labute approximate surface area is 125 Å². The number of hydrogen-bond donors (Lipinski definition) is 1. The summed E-state index contributed by atoms with van der Waals surface area (Å²) in [5, 5.41) is 11.5. The molecule has 0 saturated heterocycles. The van der Waals surface area contributed by atoms with E-state index in [1.54, 1.807) is 0 Å². The molecular formula is C16H23N3O2. The van der Waals surface area contributed by atoms with Crippen LogP contribution in [0.25, 0.3) is 0 Å². The highest BCUT2D eigenvalue weighted by Gasteiger charge is 2.06. The van der Waals surface area contributed by atoms with Gasteiger partial charge < -0.3 is 14.5 Å². The molecule has 1 aromatic heterocycles. The lowest BCUT2D eigenvalue weighted by Crippen LogP contribution is -2.16. The highest BCUT2D eigenvalue weighted by atomic mass is 16.5. The minimum atomic E-state index is 0.545. The predicted octanol–water partition coefficient (Wildman–Crippen LogP) is 2.62. The molecule has 0 unspecified atom stereocenters. The quantitative estimate of drug-likeness (QED) is 0.681. The Balaban J connectivity index is 1.63. The summed E-state index contributed by atoms with van der Waals surface area (Å²) in [7, 11) is 0. The molecule has 0 bridgehead atoms. The van der Waals surface area contributed by atoms with E-state index in [4.69, 9.17) is 9.15 Å². The van der Waals surface area contributed by atoms with Crippen LogP contribution in [0.1, 0.15) is 31.5 Å². The van der Waals surface area contributed by atoms with Gasteiger partial charge in [-0.05, 0) is 38.1 Å². The molecule has 5 nitrogen and oxygen atoms in total. The third-order valence-corrected chi connectivity index (χ3v) is 3.01. The van der Waals surface area contributed by atoms with Gasteiger partial charge in [0.25, 0.3) is 0 Å². The minimum Gasteiger partial charge on any atom is -0.493 e. The monoisotopic (exact) mass is 289 g/mol. The Hall–Kier alpha value is -1.88. The zero-order chi connectivity index (χ0) is 14.8. The van der Waals surface area contributed by atoms with Gasteiger partial charge in [-0.1, -0.05) is 25.1 Å². The van der Waals surface area contributed by atoms with Crippen LogP contribution in [0.15, 0.2) is 34.7 Å². The van der Waals surface area contributed by atoms with Gasteiger partial charge in [0.15, 0.2) is 0 Å². The topological polar surface area (TPSA) is 60.2 Å². The van der Waals surface area contributed by atoms with Gasteiger partial charge >= 0.3 is 0 Å². The standard InChI is InChI=1S/C16H23N3O2/c1-2-11-17-12-6-9-15-18-19-16(21-15)10-13-20-14-7-4-3-5-8-14/h3-5,7-8,17H,2,6,9-13H2,1H3.